The van der Waals surface area contributed by atoms with Gasteiger partial charge in [-0.15, -0.1) is 0 Å². The third-order valence-corrected chi connectivity index (χ3v) is 6.13. The summed E-state index contributed by atoms with van der Waals surface area (Å²) in [4.78, 5) is 0. The van der Waals surface area contributed by atoms with E-state index in [4.69, 9.17) is 37.9 Å². The standard InChI is InChI=1S/C30H53IO8/c1-2-3-4-5-6-7-8-29-9-11-30(12-10-29)39-28-27-38-26-25-37-24-23-36-22-21-35-20-19-34-18-17-33-16-15-32-14-13-31/h9-12H,2-8,13-28H2,1H3. The van der Waals surface area contributed by atoms with Crippen molar-refractivity contribution < 1.29 is 37.9 Å². The topological polar surface area (TPSA) is 73.8 Å². The highest BCUT2D eigenvalue weighted by Gasteiger charge is 1.98. The van der Waals surface area contributed by atoms with Crippen molar-refractivity contribution in [3.63, 3.8) is 0 Å². The van der Waals surface area contributed by atoms with Crippen molar-refractivity contribution in [3.8, 4) is 5.75 Å². The van der Waals surface area contributed by atoms with Crippen molar-refractivity contribution in [2.24, 2.45) is 0 Å². The molecule has 0 radical (unpaired) electrons. The van der Waals surface area contributed by atoms with Crippen molar-refractivity contribution >= 4 is 22.6 Å². The molecule has 1 aromatic carbocycles. The van der Waals surface area contributed by atoms with Gasteiger partial charge in [0.2, 0.25) is 0 Å². The number of rotatable bonds is 31. The zero-order chi connectivity index (χ0) is 27.9. The van der Waals surface area contributed by atoms with Crippen LogP contribution in [0.25, 0.3) is 0 Å². The lowest BCUT2D eigenvalue weighted by molar-refractivity contribution is -0.0208. The number of alkyl halides is 1. The van der Waals surface area contributed by atoms with Crippen LogP contribution in [0.4, 0.5) is 0 Å². The first kappa shape index (κ1) is 36.5. The molecule has 0 aliphatic rings. The van der Waals surface area contributed by atoms with Gasteiger partial charge < -0.3 is 37.9 Å². The van der Waals surface area contributed by atoms with Crippen molar-refractivity contribution in [2.75, 3.05) is 104 Å². The van der Waals surface area contributed by atoms with Crippen LogP contribution in [0, 0.1) is 0 Å². The van der Waals surface area contributed by atoms with Crippen molar-refractivity contribution in [1.82, 2.24) is 0 Å². The molecule has 228 valence electrons. The molecule has 0 saturated heterocycles. The Bertz CT molecular complexity index is 605. The van der Waals surface area contributed by atoms with Gasteiger partial charge in [-0.3, -0.25) is 0 Å². The second kappa shape index (κ2) is 30.4. The molecule has 0 heterocycles. The zero-order valence-electron chi connectivity index (χ0n) is 24.2. The van der Waals surface area contributed by atoms with E-state index in [2.05, 4.69) is 53.8 Å². The molecule has 0 N–H and O–H groups in total. The molecule has 8 nitrogen and oxygen atoms in total. The van der Waals surface area contributed by atoms with Gasteiger partial charge in [0.25, 0.3) is 0 Å². The van der Waals surface area contributed by atoms with Crippen LogP contribution in [-0.4, -0.2) is 104 Å². The molecular weight excluding hydrogens is 615 g/mol. The van der Waals surface area contributed by atoms with Gasteiger partial charge in [-0.05, 0) is 30.5 Å². The van der Waals surface area contributed by atoms with Crippen LogP contribution in [0.3, 0.4) is 0 Å². The van der Waals surface area contributed by atoms with Gasteiger partial charge in [0.1, 0.15) is 12.4 Å². The number of benzene rings is 1. The fourth-order valence-electron chi connectivity index (χ4n) is 3.56. The minimum atomic E-state index is 0.535. The Morgan fingerprint density at radius 1 is 0.462 bits per heavy atom. The smallest absolute Gasteiger partial charge is 0.119 e. The fraction of sp³-hybridized carbons (Fsp3) is 0.800. The van der Waals surface area contributed by atoms with Gasteiger partial charge in [0.15, 0.2) is 0 Å². The number of ether oxygens (including phenoxy) is 8. The predicted octanol–water partition coefficient (Wildman–Crippen LogP) is 5.52. The van der Waals surface area contributed by atoms with Crippen LogP contribution in [0.1, 0.15) is 51.0 Å². The van der Waals surface area contributed by atoms with E-state index in [1.54, 1.807) is 0 Å². The highest BCUT2D eigenvalue weighted by Crippen LogP contribution is 2.15. The summed E-state index contributed by atoms with van der Waals surface area (Å²) in [5.41, 5.74) is 1.38. The van der Waals surface area contributed by atoms with Gasteiger partial charge in [-0.1, -0.05) is 73.8 Å². The average molecular weight is 669 g/mol. The van der Waals surface area contributed by atoms with Crippen LogP contribution >= 0.6 is 22.6 Å². The molecule has 0 aliphatic heterocycles. The number of unbranched alkanes of at least 4 members (excludes halogenated alkanes) is 5. The second-order valence-corrected chi connectivity index (χ2v) is 10.1. The normalized spacial score (nSPS) is 11.3. The minimum absolute atomic E-state index is 0.535. The maximum atomic E-state index is 5.76. The van der Waals surface area contributed by atoms with E-state index in [0.29, 0.717) is 92.5 Å². The summed E-state index contributed by atoms with van der Waals surface area (Å²) in [5.74, 6) is 0.893. The van der Waals surface area contributed by atoms with Crippen LogP contribution in [-0.2, 0) is 39.6 Å². The van der Waals surface area contributed by atoms with E-state index < -0.39 is 0 Å². The Balaban J connectivity index is 1.75. The fourth-order valence-corrected chi connectivity index (χ4v) is 3.87. The molecule has 1 aromatic rings. The van der Waals surface area contributed by atoms with E-state index >= 15 is 0 Å². The van der Waals surface area contributed by atoms with E-state index in [-0.39, 0.29) is 0 Å². The number of halogens is 1. The molecule has 9 heteroatoms. The van der Waals surface area contributed by atoms with E-state index in [9.17, 15) is 0 Å². The number of hydrogen-bond donors (Lipinski definition) is 0. The SMILES string of the molecule is CCCCCCCCc1ccc(OCCOCCOCCOCCOCCOCCOCCOCCI)cc1. The first-order valence-electron chi connectivity index (χ1n) is 14.7. The molecule has 0 unspecified atom stereocenters. The summed E-state index contributed by atoms with van der Waals surface area (Å²) in [6.07, 6.45) is 9.13. The second-order valence-electron chi connectivity index (χ2n) is 8.99. The van der Waals surface area contributed by atoms with Crippen LogP contribution < -0.4 is 4.74 Å². The molecule has 0 fully saturated rings. The lowest BCUT2D eigenvalue weighted by Crippen LogP contribution is -2.15. The Morgan fingerprint density at radius 2 is 0.846 bits per heavy atom. The van der Waals surface area contributed by atoms with Gasteiger partial charge in [0, 0.05) is 4.43 Å². The van der Waals surface area contributed by atoms with Gasteiger partial charge in [-0.25, -0.2) is 0 Å². The Morgan fingerprint density at radius 3 is 1.28 bits per heavy atom. The average Bonchev–Trinajstić information content (AvgIpc) is 2.96. The Hall–Kier alpha value is -0.530. The van der Waals surface area contributed by atoms with Crippen molar-refractivity contribution in [1.29, 1.82) is 0 Å². The summed E-state index contributed by atoms with van der Waals surface area (Å²) in [7, 11) is 0. The highest BCUT2D eigenvalue weighted by molar-refractivity contribution is 14.1. The minimum Gasteiger partial charge on any atom is -0.491 e. The van der Waals surface area contributed by atoms with Crippen LogP contribution in [0.15, 0.2) is 24.3 Å². The monoisotopic (exact) mass is 668 g/mol. The third-order valence-electron chi connectivity index (χ3n) is 5.69. The molecule has 39 heavy (non-hydrogen) atoms. The van der Waals surface area contributed by atoms with Crippen molar-refractivity contribution in [3.05, 3.63) is 29.8 Å². The molecule has 0 amide bonds. The lowest BCUT2D eigenvalue weighted by atomic mass is 10.0. The first-order valence-corrected chi connectivity index (χ1v) is 16.2. The molecule has 0 aromatic heterocycles. The quantitative estimate of drug-likeness (QED) is 0.0583. The molecule has 1 rings (SSSR count). The van der Waals surface area contributed by atoms with Crippen molar-refractivity contribution in [2.45, 2.75) is 51.9 Å². The van der Waals surface area contributed by atoms with Crippen LogP contribution in [0.2, 0.25) is 0 Å². The third kappa shape index (κ3) is 26.1. The summed E-state index contributed by atoms with van der Waals surface area (Å²) in [6.45, 7) is 10.8. The summed E-state index contributed by atoms with van der Waals surface area (Å²) in [6, 6.07) is 8.45. The summed E-state index contributed by atoms with van der Waals surface area (Å²) >= 11 is 2.28. The molecular formula is C30H53IO8. The zero-order valence-corrected chi connectivity index (χ0v) is 26.4. The Kier molecular flexibility index (Phi) is 28.5. The van der Waals surface area contributed by atoms with E-state index in [0.717, 1.165) is 23.2 Å². The van der Waals surface area contributed by atoms with E-state index in [1.807, 2.05) is 0 Å². The largest absolute Gasteiger partial charge is 0.491 e. The summed E-state index contributed by atoms with van der Waals surface area (Å²) < 4.78 is 45.0. The molecule has 0 aliphatic carbocycles. The summed E-state index contributed by atoms with van der Waals surface area (Å²) in [5, 5.41) is 0. The first-order chi connectivity index (χ1) is 19.4. The van der Waals surface area contributed by atoms with Gasteiger partial charge >= 0.3 is 0 Å². The maximum Gasteiger partial charge on any atom is 0.119 e. The number of hydrogen-bond acceptors (Lipinski definition) is 8. The highest BCUT2D eigenvalue weighted by atomic mass is 127. The number of aryl methyl sites for hydroxylation is 1. The van der Waals surface area contributed by atoms with Crippen LogP contribution in [0.5, 0.6) is 5.75 Å². The molecule has 0 atom stereocenters. The molecule has 0 spiro atoms. The van der Waals surface area contributed by atoms with Gasteiger partial charge in [0.05, 0.1) is 92.5 Å². The Labute approximate surface area is 250 Å². The van der Waals surface area contributed by atoms with Gasteiger partial charge in [-0.2, -0.15) is 0 Å². The maximum absolute atomic E-state index is 5.76. The molecule has 0 bridgehead atoms. The predicted molar refractivity (Wildman–Crippen MR) is 164 cm³/mol. The molecule has 0 saturated carbocycles. The van der Waals surface area contributed by atoms with E-state index in [1.165, 1.54) is 44.1 Å². The lowest BCUT2D eigenvalue weighted by Gasteiger charge is -2.09.